The van der Waals surface area contributed by atoms with E-state index >= 15 is 0 Å². The Hall–Kier alpha value is -2.63. The summed E-state index contributed by atoms with van der Waals surface area (Å²) < 4.78 is 1.83. The number of aromatic nitrogens is 2. The second kappa shape index (κ2) is 6.70. The molecule has 1 aromatic carbocycles. The molecule has 0 atom stereocenters. The van der Waals surface area contributed by atoms with Crippen LogP contribution in [0, 0.1) is 20.8 Å². The summed E-state index contributed by atoms with van der Waals surface area (Å²) in [5.41, 5.74) is 4.38. The van der Waals surface area contributed by atoms with Gasteiger partial charge in [0.1, 0.15) is 0 Å². The van der Waals surface area contributed by atoms with Crippen LogP contribution in [0.25, 0.3) is 5.69 Å². The lowest BCUT2D eigenvalue weighted by atomic mass is 10.1. The summed E-state index contributed by atoms with van der Waals surface area (Å²) in [5, 5.41) is 4.57. The van der Waals surface area contributed by atoms with Gasteiger partial charge < -0.3 is 9.80 Å². The van der Waals surface area contributed by atoms with E-state index in [0.717, 1.165) is 17.1 Å². The van der Waals surface area contributed by atoms with E-state index in [1.165, 1.54) is 5.56 Å². The number of aryl methyl sites for hydroxylation is 2. The summed E-state index contributed by atoms with van der Waals surface area (Å²) in [6.45, 7) is 9.71. The molecule has 2 amide bonds. The Labute approximate surface area is 148 Å². The van der Waals surface area contributed by atoms with Crippen LogP contribution in [-0.2, 0) is 4.79 Å². The molecule has 3 rings (SSSR count). The molecule has 1 aliphatic rings. The molecule has 6 heteroatoms. The Morgan fingerprint density at radius 2 is 1.48 bits per heavy atom. The van der Waals surface area contributed by atoms with Crippen molar-refractivity contribution >= 4 is 11.8 Å². The Morgan fingerprint density at radius 1 is 0.920 bits per heavy atom. The van der Waals surface area contributed by atoms with Gasteiger partial charge in [-0.3, -0.25) is 9.59 Å². The molecule has 0 saturated carbocycles. The van der Waals surface area contributed by atoms with E-state index in [-0.39, 0.29) is 11.8 Å². The van der Waals surface area contributed by atoms with Crippen molar-refractivity contribution in [1.82, 2.24) is 19.6 Å². The second-order valence-electron chi connectivity index (χ2n) is 6.59. The lowest BCUT2D eigenvalue weighted by molar-refractivity contribution is -0.130. The molecule has 0 spiro atoms. The summed E-state index contributed by atoms with van der Waals surface area (Å²) in [5.74, 6) is 0.0585. The van der Waals surface area contributed by atoms with Crippen molar-refractivity contribution in [1.29, 1.82) is 0 Å². The van der Waals surface area contributed by atoms with Crippen LogP contribution in [0.3, 0.4) is 0 Å². The number of rotatable bonds is 2. The zero-order valence-corrected chi connectivity index (χ0v) is 15.2. The summed E-state index contributed by atoms with van der Waals surface area (Å²) >= 11 is 0. The first-order chi connectivity index (χ1) is 11.9. The summed E-state index contributed by atoms with van der Waals surface area (Å²) in [6.07, 6.45) is 0. The van der Waals surface area contributed by atoms with Crippen molar-refractivity contribution < 1.29 is 9.59 Å². The van der Waals surface area contributed by atoms with Gasteiger partial charge in [0.15, 0.2) is 0 Å². The van der Waals surface area contributed by atoms with Gasteiger partial charge in [-0.05, 0) is 32.9 Å². The van der Waals surface area contributed by atoms with Gasteiger partial charge in [-0.2, -0.15) is 5.10 Å². The quantitative estimate of drug-likeness (QED) is 0.841. The molecule has 1 fully saturated rings. The van der Waals surface area contributed by atoms with Gasteiger partial charge in [0.05, 0.1) is 22.6 Å². The molecule has 1 saturated heterocycles. The number of nitrogens with zero attached hydrogens (tertiary/aromatic N) is 4. The minimum Gasteiger partial charge on any atom is -0.339 e. The number of piperazine rings is 1. The average molecular weight is 340 g/mol. The molecule has 1 aromatic heterocycles. The number of carbonyl (C=O) groups is 2. The van der Waals surface area contributed by atoms with Crippen molar-refractivity contribution in [2.24, 2.45) is 0 Å². The summed E-state index contributed by atoms with van der Waals surface area (Å²) in [4.78, 5) is 28.0. The molecule has 0 aliphatic carbocycles. The van der Waals surface area contributed by atoms with E-state index in [2.05, 4.69) is 5.10 Å². The molecular weight excluding hydrogens is 316 g/mol. The molecule has 0 unspecified atom stereocenters. The second-order valence-corrected chi connectivity index (χ2v) is 6.59. The predicted octanol–water partition coefficient (Wildman–Crippen LogP) is 2.10. The monoisotopic (exact) mass is 340 g/mol. The molecule has 6 nitrogen and oxygen atoms in total. The highest BCUT2D eigenvalue weighted by atomic mass is 16.2. The number of hydrogen-bond donors (Lipinski definition) is 0. The highest BCUT2D eigenvalue weighted by Crippen LogP contribution is 2.20. The first-order valence-electron chi connectivity index (χ1n) is 8.56. The van der Waals surface area contributed by atoms with Crippen molar-refractivity contribution in [3.8, 4) is 5.69 Å². The van der Waals surface area contributed by atoms with Crippen LogP contribution in [0.4, 0.5) is 0 Å². The number of benzene rings is 1. The van der Waals surface area contributed by atoms with E-state index < -0.39 is 0 Å². The first kappa shape index (κ1) is 17.2. The van der Waals surface area contributed by atoms with Gasteiger partial charge in [0.2, 0.25) is 5.91 Å². The Morgan fingerprint density at radius 3 is 2.04 bits per heavy atom. The van der Waals surface area contributed by atoms with Gasteiger partial charge in [-0.1, -0.05) is 17.7 Å². The minimum absolute atomic E-state index is 0.00318. The molecule has 2 aromatic rings. The van der Waals surface area contributed by atoms with Crippen LogP contribution < -0.4 is 0 Å². The lowest BCUT2D eigenvalue weighted by Gasteiger charge is -2.34. The number of hydrogen-bond acceptors (Lipinski definition) is 3. The number of carbonyl (C=O) groups excluding carboxylic acids is 2. The highest BCUT2D eigenvalue weighted by molar-refractivity contribution is 5.96. The lowest BCUT2D eigenvalue weighted by Crippen LogP contribution is -2.50. The maximum absolute atomic E-state index is 13.0. The molecule has 1 aliphatic heterocycles. The average Bonchev–Trinajstić information content (AvgIpc) is 2.89. The molecule has 132 valence electrons. The van der Waals surface area contributed by atoms with Gasteiger partial charge in [0.25, 0.3) is 5.91 Å². The van der Waals surface area contributed by atoms with Gasteiger partial charge in [-0.15, -0.1) is 0 Å². The van der Waals surface area contributed by atoms with Crippen LogP contribution in [-0.4, -0.2) is 57.6 Å². The van der Waals surface area contributed by atoms with Gasteiger partial charge in [-0.25, -0.2) is 4.68 Å². The zero-order chi connectivity index (χ0) is 18.1. The normalized spacial score (nSPS) is 14.7. The van der Waals surface area contributed by atoms with E-state index in [1.54, 1.807) is 11.8 Å². The van der Waals surface area contributed by atoms with Crippen molar-refractivity contribution in [3.05, 3.63) is 46.8 Å². The van der Waals surface area contributed by atoms with Crippen LogP contribution in [0.2, 0.25) is 0 Å². The van der Waals surface area contributed by atoms with Crippen molar-refractivity contribution in [3.63, 3.8) is 0 Å². The van der Waals surface area contributed by atoms with Gasteiger partial charge >= 0.3 is 0 Å². The fourth-order valence-electron chi connectivity index (χ4n) is 3.27. The fourth-order valence-corrected chi connectivity index (χ4v) is 3.27. The third-order valence-electron chi connectivity index (χ3n) is 4.80. The van der Waals surface area contributed by atoms with Crippen LogP contribution >= 0.6 is 0 Å². The molecule has 0 bridgehead atoms. The third-order valence-corrected chi connectivity index (χ3v) is 4.80. The largest absolute Gasteiger partial charge is 0.339 e. The van der Waals surface area contributed by atoms with E-state index in [9.17, 15) is 9.59 Å². The number of amides is 2. The molecule has 2 heterocycles. The van der Waals surface area contributed by atoms with E-state index in [4.69, 9.17) is 0 Å². The summed E-state index contributed by atoms with van der Waals surface area (Å²) in [7, 11) is 0. The zero-order valence-electron chi connectivity index (χ0n) is 15.2. The SMILES string of the molecule is CC(=O)N1CCN(C(=O)c2c(C)nn(-c3ccc(C)cc3)c2C)CC1. The third kappa shape index (κ3) is 3.29. The Kier molecular flexibility index (Phi) is 4.61. The molecule has 0 N–H and O–H groups in total. The van der Waals surface area contributed by atoms with Crippen LogP contribution in [0.15, 0.2) is 24.3 Å². The first-order valence-corrected chi connectivity index (χ1v) is 8.56. The predicted molar refractivity (Wildman–Crippen MR) is 95.9 cm³/mol. The Balaban J connectivity index is 1.84. The van der Waals surface area contributed by atoms with Crippen LogP contribution in [0.5, 0.6) is 0 Å². The minimum atomic E-state index is -0.00318. The molecular formula is C19H24N4O2. The maximum Gasteiger partial charge on any atom is 0.257 e. The summed E-state index contributed by atoms with van der Waals surface area (Å²) in [6, 6.07) is 8.09. The highest BCUT2D eigenvalue weighted by Gasteiger charge is 2.27. The molecule has 25 heavy (non-hydrogen) atoms. The molecule has 0 radical (unpaired) electrons. The van der Waals surface area contributed by atoms with E-state index in [1.807, 2.05) is 54.6 Å². The smallest absolute Gasteiger partial charge is 0.257 e. The van der Waals surface area contributed by atoms with E-state index in [0.29, 0.717) is 31.7 Å². The Bertz CT molecular complexity index is 800. The van der Waals surface area contributed by atoms with Crippen molar-refractivity contribution in [2.75, 3.05) is 26.2 Å². The standard InChI is InChI=1S/C19H24N4O2/c1-13-5-7-17(8-6-13)23-15(3)18(14(2)20-23)19(25)22-11-9-21(10-12-22)16(4)24/h5-8H,9-12H2,1-4H3. The maximum atomic E-state index is 13.0. The van der Waals surface area contributed by atoms with Crippen molar-refractivity contribution in [2.45, 2.75) is 27.7 Å². The van der Waals surface area contributed by atoms with Crippen LogP contribution in [0.1, 0.15) is 34.2 Å². The van der Waals surface area contributed by atoms with Gasteiger partial charge in [0, 0.05) is 33.1 Å². The topological polar surface area (TPSA) is 58.4 Å². The fraction of sp³-hybridized carbons (Fsp3) is 0.421.